The Bertz CT molecular complexity index is 701. The van der Waals surface area contributed by atoms with Gasteiger partial charge in [-0.05, 0) is 25.6 Å². The molecular weight excluding hydrogens is 316 g/mol. The monoisotopic (exact) mass is 336 g/mol. The number of halogens is 1. The number of benzene rings is 1. The van der Waals surface area contributed by atoms with Gasteiger partial charge in [0.15, 0.2) is 5.69 Å². The Hall–Kier alpha value is -2.18. The number of hydrogen-bond donors (Lipinski definition) is 2. The van der Waals surface area contributed by atoms with E-state index in [1.54, 1.807) is 11.6 Å². The largest absolute Gasteiger partial charge is 0.349 e. The molecule has 2 N–H and O–H groups in total. The number of likely N-dealkylation sites (N-methyl/N-ethyl adjacent to an activating group) is 1. The van der Waals surface area contributed by atoms with E-state index >= 15 is 0 Å². The Morgan fingerprint density at radius 2 is 1.91 bits per heavy atom. The van der Waals surface area contributed by atoms with Crippen LogP contribution < -0.4 is 16.1 Å². The molecule has 2 aromatic rings. The molecule has 7 heteroatoms. The van der Waals surface area contributed by atoms with Gasteiger partial charge in [0.05, 0.1) is 5.69 Å². The SMILES string of the molecule is CCNCCNC(=O)c1nn(-c2ccccc2)c(C)cc1=O.Cl. The summed E-state index contributed by atoms with van der Waals surface area (Å²) in [6.07, 6.45) is 0. The molecule has 1 amide bonds. The van der Waals surface area contributed by atoms with Crippen LogP contribution in [0.3, 0.4) is 0 Å². The van der Waals surface area contributed by atoms with Crippen LogP contribution in [0.25, 0.3) is 5.69 Å². The van der Waals surface area contributed by atoms with Crippen LogP contribution in [0.1, 0.15) is 23.1 Å². The van der Waals surface area contributed by atoms with Crippen molar-refractivity contribution in [3.05, 3.63) is 58.0 Å². The second-order valence-corrected chi connectivity index (χ2v) is 4.86. The number of carbonyl (C=O) groups excluding carboxylic acids is 1. The van der Waals surface area contributed by atoms with Gasteiger partial charge in [0, 0.05) is 24.8 Å². The lowest BCUT2D eigenvalue weighted by molar-refractivity contribution is 0.0946. The van der Waals surface area contributed by atoms with Crippen LogP contribution in [0.5, 0.6) is 0 Å². The van der Waals surface area contributed by atoms with Gasteiger partial charge >= 0.3 is 0 Å². The third kappa shape index (κ3) is 4.91. The van der Waals surface area contributed by atoms with Crippen LogP contribution in [-0.4, -0.2) is 35.3 Å². The van der Waals surface area contributed by atoms with E-state index in [1.165, 1.54) is 6.07 Å². The number of para-hydroxylation sites is 1. The summed E-state index contributed by atoms with van der Waals surface area (Å²) in [7, 11) is 0. The predicted molar refractivity (Wildman–Crippen MR) is 92.7 cm³/mol. The molecule has 23 heavy (non-hydrogen) atoms. The summed E-state index contributed by atoms with van der Waals surface area (Å²) in [6.45, 7) is 5.71. The molecule has 0 spiro atoms. The Kier molecular flexibility index (Phi) is 7.44. The standard InChI is InChI=1S/C16H20N4O2.ClH/c1-3-17-9-10-18-16(22)15-14(21)11-12(2)20(19-15)13-7-5-4-6-8-13;/h4-8,11,17H,3,9-10H2,1-2H3,(H,18,22);1H. The van der Waals surface area contributed by atoms with Crippen LogP contribution in [0.2, 0.25) is 0 Å². The van der Waals surface area contributed by atoms with Crippen molar-refractivity contribution in [2.45, 2.75) is 13.8 Å². The molecular formula is C16H21ClN4O2. The molecule has 0 saturated carbocycles. The summed E-state index contributed by atoms with van der Waals surface area (Å²) < 4.78 is 1.60. The lowest BCUT2D eigenvalue weighted by Crippen LogP contribution is -2.36. The minimum absolute atomic E-state index is 0. The third-order valence-corrected chi connectivity index (χ3v) is 3.16. The van der Waals surface area contributed by atoms with E-state index in [4.69, 9.17) is 0 Å². The number of carbonyl (C=O) groups is 1. The number of aromatic nitrogens is 2. The normalized spacial score (nSPS) is 10.0. The Morgan fingerprint density at radius 1 is 1.22 bits per heavy atom. The van der Waals surface area contributed by atoms with E-state index < -0.39 is 5.91 Å². The van der Waals surface area contributed by atoms with Gasteiger partial charge < -0.3 is 10.6 Å². The highest BCUT2D eigenvalue weighted by Gasteiger charge is 2.14. The Balaban J connectivity index is 0.00000264. The van der Waals surface area contributed by atoms with E-state index in [2.05, 4.69) is 15.7 Å². The summed E-state index contributed by atoms with van der Waals surface area (Å²) in [4.78, 5) is 24.1. The summed E-state index contributed by atoms with van der Waals surface area (Å²) in [5.41, 5.74) is 1.03. The zero-order valence-electron chi connectivity index (χ0n) is 13.2. The molecule has 1 aromatic heterocycles. The molecule has 0 fully saturated rings. The van der Waals surface area contributed by atoms with E-state index in [9.17, 15) is 9.59 Å². The first-order chi connectivity index (χ1) is 10.6. The van der Waals surface area contributed by atoms with Crippen LogP contribution in [0, 0.1) is 6.92 Å². The predicted octanol–water partition coefficient (Wildman–Crippen LogP) is 1.30. The molecule has 0 unspecified atom stereocenters. The van der Waals surface area contributed by atoms with Crippen molar-refractivity contribution in [2.75, 3.05) is 19.6 Å². The molecule has 0 aliphatic carbocycles. The minimum Gasteiger partial charge on any atom is -0.349 e. The second-order valence-electron chi connectivity index (χ2n) is 4.86. The van der Waals surface area contributed by atoms with E-state index in [0.29, 0.717) is 18.8 Å². The van der Waals surface area contributed by atoms with Crippen molar-refractivity contribution < 1.29 is 4.79 Å². The van der Waals surface area contributed by atoms with Gasteiger partial charge in [0.2, 0.25) is 5.43 Å². The highest BCUT2D eigenvalue weighted by Crippen LogP contribution is 2.07. The maximum atomic E-state index is 12.1. The van der Waals surface area contributed by atoms with Gasteiger partial charge in [-0.3, -0.25) is 9.59 Å². The molecule has 0 aliphatic heterocycles. The Labute approximate surface area is 141 Å². The molecule has 1 aromatic carbocycles. The molecule has 0 radical (unpaired) electrons. The van der Waals surface area contributed by atoms with Crippen LogP contribution in [0.4, 0.5) is 0 Å². The first kappa shape index (κ1) is 18.9. The smallest absolute Gasteiger partial charge is 0.275 e. The van der Waals surface area contributed by atoms with Crippen molar-refractivity contribution >= 4 is 18.3 Å². The van der Waals surface area contributed by atoms with Gasteiger partial charge in [-0.25, -0.2) is 4.68 Å². The van der Waals surface area contributed by atoms with Gasteiger partial charge in [-0.1, -0.05) is 25.1 Å². The average molecular weight is 337 g/mol. The van der Waals surface area contributed by atoms with E-state index in [1.807, 2.05) is 37.3 Å². The van der Waals surface area contributed by atoms with Crippen LogP contribution in [-0.2, 0) is 0 Å². The highest BCUT2D eigenvalue weighted by molar-refractivity contribution is 5.92. The molecule has 1 heterocycles. The fourth-order valence-electron chi connectivity index (χ4n) is 2.06. The average Bonchev–Trinajstić information content (AvgIpc) is 2.52. The Morgan fingerprint density at radius 3 is 2.57 bits per heavy atom. The zero-order chi connectivity index (χ0) is 15.9. The zero-order valence-corrected chi connectivity index (χ0v) is 14.0. The number of nitrogens with zero attached hydrogens (tertiary/aromatic N) is 2. The number of rotatable bonds is 6. The molecule has 0 saturated heterocycles. The van der Waals surface area contributed by atoms with Crippen molar-refractivity contribution in [3.63, 3.8) is 0 Å². The van der Waals surface area contributed by atoms with Crippen LogP contribution in [0.15, 0.2) is 41.2 Å². The molecule has 0 aliphatic rings. The molecule has 6 nitrogen and oxygen atoms in total. The van der Waals surface area contributed by atoms with Crippen molar-refractivity contribution in [2.24, 2.45) is 0 Å². The second kappa shape index (κ2) is 9.07. The topological polar surface area (TPSA) is 76.0 Å². The lowest BCUT2D eigenvalue weighted by Gasteiger charge is -2.11. The first-order valence-electron chi connectivity index (χ1n) is 7.28. The van der Waals surface area contributed by atoms with Gasteiger partial charge in [-0.15, -0.1) is 12.4 Å². The van der Waals surface area contributed by atoms with Gasteiger partial charge in [-0.2, -0.15) is 5.10 Å². The first-order valence-corrected chi connectivity index (χ1v) is 7.28. The van der Waals surface area contributed by atoms with Gasteiger partial charge in [0.25, 0.3) is 5.91 Å². The summed E-state index contributed by atoms with van der Waals surface area (Å²) in [6, 6.07) is 10.8. The minimum atomic E-state index is -0.451. The molecule has 0 atom stereocenters. The highest BCUT2D eigenvalue weighted by atomic mass is 35.5. The van der Waals surface area contributed by atoms with E-state index in [0.717, 1.165) is 12.2 Å². The quantitative estimate of drug-likeness (QED) is 0.780. The van der Waals surface area contributed by atoms with Crippen molar-refractivity contribution in [1.82, 2.24) is 20.4 Å². The van der Waals surface area contributed by atoms with Crippen LogP contribution >= 0.6 is 12.4 Å². The fourth-order valence-corrected chi connectivity index (χ4v) is 2.06. The van der Waals surface area contributed by atoms with Crippen molar-refractivity contribution in [1.29, 1.82) is 0 Å². The molecule has 124 valence electrons. The fraction of sp³-hybridized carbons (Fsp3) is 0.312. The molecule has 0 bridgehead atoms. The summed E-state index contributed by atoms with van der Waals surface area (Å²) >= 11 is 0. The van der Waals surface area contributed by atoms with E-state index in [-0.39, 0.29) is 23.5 Å². The van der Waals surface area contributed by atoms with Gasteiger partial charge in [0.1, 0.15) is 0 Å². The number of amides is 1. The summed E-state index contributed by atoms with van der Waals surface area (Å²) in [5.74, 6) is -0.451. The lowest BCUT2D eigenvalue weighted by atomic mass is 10.2. The maximum absolute atomic E-state index is 12.1. The maximum Gasteiger partial charge on any atom is 0.275 e. The van der Waals surface area contributed by atoms with Crippen molar-refractivity contribution in [3.8, 4) is 5.69 Å². The molecule has 2 rings (SSSR count). The number of hydrogen-bond acceptors (Lipinski definition) is 4. The summed E-state index contributed by atoms with van der Waals surface area (Å²) in [5, 5.41) is 10.0. The number of aryl methyl sites for hydroxylation is 1. The number of nitrogens with one attached hydrogen (secondary N) is 2. The third-order valence-electron chi connectivity index (χ3n) is 3.16.